The summed E-state index contributed by atoms with van der Waals surface area (Å²) in [5.41, 5.74) is 5.20. The van der Waals surface area contributed by atoms with Gasteiger partial charge in [0.05, 0.1) is 5.75 Å². The first kappa shape index (κ1) is 16.7. The Morgan fingerprint density at radius 2 is 1.90 bits per heavy atom. The molecular weight excluding hydrogens is 290 g/mol. The normalized spacial score (nSPS) is 25.8. The molecule has 21 heavy (non-hydrogen) atoms. The molecule has 2 fully saturated rings. The van der Waals surface area contributed by atoms with Crippen LogP contribution in [0.5, 0.6) is 0 Å². The molecule has 2 aliphatic heterocycles. The number of amides is 1. The summed E-state index contributed by atoms with van der Waals surface area (Å²) in [6.07, 6.45) is 6.01. The lowest BCUT2D eigenvalue weighted by molar-refractivity contribution is -0.119. The van der Waals surface area contributed by atoms with Gasteiger partial charge in [-0.1, -0.05) is 6.42 Å². The van der Waals surface area contributed by atoms with Gasteiger partial charge in [0, 0.05) is 25.6 Å². The van der Waals surface area contributed by atoms with Gasteiger partial charge in [0.15, 0.2) is 0 Å². The lowest BCUT2D eigenvalue weighted by atomic mass is 9.94. The number of carbonyl (C=O) groups is 1. The Morgan fingerprint density at radius 3 is 2.48 bits per heavy atom. The molecule has 0 spiro atoms. The molecule has 2 aliphatic rings. The number of nitrogens with one attached hydrogen (secondary N) is 1. The third-order valence-corrected chi connectivity index (χ3v) is 6.50. The number of primary amides is 1. The summed E-state index contributed by atoms with van der Waals surface area (Å²) < 4.78 is 26.3. The molecule has 1 atom stereocenters. The number of rotatable bonds is 6. The fraction of sp³-hybridized carbons (Fsp3) is 0.929. The maximum absolute atomic E-state index is 12.4. The van der Waals surface area contributed by atoms with Crippen molar-refractivity contribution in [2.45, 2.75) is 51.0 Å². The van der Waals surface area contributed by atoms with Crippen molar-refractivity contribution in [3.8, 4) is 0 Å². The molecule has 0 radical (unpaired) electrons. The fourth-order valence-corrected chi connectivity index (χ4v) is 4.87. The number of piperidine rings is 2. The summed E-state index contributed by atoms with van der Waals surface area (Å²) in [5, 5.41) is 3.39. The van der Waals surface area contributed by atoms with Crippen molar-refractivity contribution in [2.75, 3.05) is 25.4 Å². The lowest BCUT2D eigenvalue weighted by Gasteiger charge is -2.31. The van der Waals surface area contributed by atoms with Gasteiger partial charge in [-0.15, -0.1) is 0 Å². The van der Waals surface area contributed by atoms with E-state index in [1.165, 1.54) is 12.8 Å². The number of nitrogens with zero attached hydrogens (tertiary/aromatic N) is 1. The zero-order chi connectivity index (χ0) is 15.3. The van der Waals surface area contributed by atoms with E-state index < -0.39 is 10.0 Å². The molecule has 0 bridgehead atoms. The highest BCUT2D eigenvalue weighted by Crippen LogP contribution is 2.23. The zero-order valence-electron chi connectivity index (χ0n) is 12.6. The molecule has 0 aromatic heterocycles. The molecule has 0 aromatic carbocycles. The summed E-state index contributed by atoms with van der Waals surface area (Å²) in [7, 11) is -3.16. The Morgan fingerprint density at radius 1 is 1.19 bits per heavy atom. The highest BCUT2D eigenvalue weighted by molar-refractivity contribution is 7.89. The van der Waals surface area contributed by atoms with Gasteiger partial charge < -0.3 is 11.1 Å². The number of hydrogen-bond acceptors (Lipinski definition) is 4. The maximum Gasteiger partial charge on any atom is 0.217 e. The van der Waals surface area contributed by atoms with E-state index >= 15 is 0 Å². The van der Waals surface area contributed by atoms with Gasteiger partial charge in [-0.2, -0.15) is 0 Å². The first-order valence-corrected chi connectivity index (χ1v) is 9.58. The molecule has 1 amide bonds. The average Bonchev–Trinajstić information content (AvgIpc) is 2.46. The van der Waals surface area contributed by atoms with Gasteiger partial charge in [0.25, 0.3) is 0 Å². The molecule has 2 heterocycles. The van der Waals surface area contributed by atoms with Gasteiger partial charge in [0.1, 0.15) is 0 Å². The van der Waals surface area contributed by atoms with Gasteiger partial charge in [-0.05, 0) is 44.6 Å². The highest BCUT2D eigenvalue weighted by atomic mass is 32.2. The van der Waals surface area contributed by atoms with E-state index in [1.54, 1.807) is 4.31 Å². The number of hydrogen-bond donors (Lipinski definition) is 2. The van der Waals surface area contributed by atoms with E-state index in [4.69, 9.17) is 5.73 Å². The van der Waals surface area contributed by atoms with Crippen LogP contribution in [0.2, 0.25) is 0 Å². The largest absolute Gasteiger partial charge is 0.370 e. The highest BCUT2D eigenvalue weighted by Gasteiger charge is 2.29. The van der Waals surface area contributed by atoms with Crippen LogP contribution in [0.25, 0.3) is 0 Å². The van der Waals surface area contributed by atoms with Crippen molar-refractivity contribution in [3.63, 3.8) is 0 Å². The predicted molar refractivity (Wildman–Crippen MR) is 82.2 cm³/mol. The van der Waals surface area contributed by atoms with Crippen molar-refractivity contribution in [2.24, 2.45) is 11.7 Å². The third kappa shape index (κ3) is 5.23. The topological polar surface area (TPSA) is 92.5 Å². The Kier molecular flexibility index (Phi) is 6.01. The minimum Gasteiger partial charge on any atom is -0.370 e. The average molecular weight is 317 g/mol. The van der Waals surface area contributed by atoms with E-state index in [0.717, 1.165) is 25.8 Å². The minimum absolute atomic E-state index is 0.227. The van der Waals surface area contributed by atoms with Crippen LogP contribution in [0.1, 0.15) is 44.9 Å². The second kappa shape index (κ2) is 7.56. The van der Waals surface area contributed by atoms with Crippen molar-refractivity contribution >= 4 is 15.9 Å². The minimum atomic E-state index is -3.16. The molecule has 122 valence electrons. The van der Waals surface area contributed by atoms with Crippen molar-refractivity contribution in [1.82, 2.24) is 9.62 Å². The van der Waals surface area contributed by atoms with Gasteiger partial charge in [-0.25, -0.2) is 12.7 Å². The predicted octanol–water partition coefficient (Wildman–Crippen LogP) is 0.436. The molecule has 1 unspecified atom stereocenters. The third-order valence-electron chi connectivity index (χ3n) is 4.59. The molecule has 0 aliphatic carbocycles. The Balaban J connectivity index is 1.76. The van der Waals surface area contributed by atoms with Crippen LogP contribution >= 0.6 is 0 Å². The van der Waals surface area contributed by atoms with Crippen LogP contribution in [0.4, 0.5) is 0 Å². The molecule has 0 aromatic rings. The monoisotopic (exact) mass is 317 g/mol. The molecule has 3 N–H and O–H groups in total. The molecule has 7 heteroatoms. The van der Waals surface area contributed by atoms with E-state index in [9.17, 15) is 13.2 Å². The van der Waals surface area contributed by atoms with Crippen LogP contribution in [0, 0.1) is 5.92 Å². The lowest BCUT2D eigenvalue weighted by Crippen LogP contribution is -2.42. The van der Waals surface area contributed by atoms with Crippen LogP contribution in [0.15, 0.2) is 0 Å². The second-order valence-corrected chi connectivity index (χ2v) is 8.35. The smallest absolute Gasteiger partial charge is 0.217 e. The Labute approximate surface area is 127 Å². The van der Waals surface area contributed by atoms with Crippen molar-refractivity contribution in [3.05, 3.63) is 0 Å². The van der Waals surface area contributed by atoms with E-state index in [1.807, 2.05) is 0 Å². The molecule has 2 rings (SSSR count). The summed E-state index contributed by atoms with van der Waals surface area (Å²) >= 11 is 0. The Bertz CT molecular complexity index is 438. The summed E-state index contributed by atoms with van der Waals surface area (Å²) in [4.78, 5) is 10.9. The van der Waals surface area contributed by atoms with Crippen molar-refractivity contribution in [1.29, 1.82) is 0 Å². The van der Waals surface area contributed by atoms with E-state index in [0.29, 0.717) is 32.0 Å². The van der Waals surface area contributed by atoms with Gasteiger partial charge in [0.2, 0.25) is 15.9 Å². The standard InChI is InChI=1S/C14H27N3O3S/c15-14(18)11-12-4-8-17(9-5-12)21(19,20)10-6-13-3-1-2-7-16-13/h12-13,16H,1-11H2,(H2,15,18). The zero-order valence-corrected chi connectivity index (χ0v) is 13.4. The summed E-state index contributed by atoms with van der Waals surface area (Å²) in [5.74, 6) is 0.180. The number of nitrogens with two attached hydrogens (primary N) is 1. The van der Waals surface area contributed by atoms with Crippen LogP contribution in [-0.4, -0.2) is 50.1 Å². The fourth-order valence-electron chi connectivity index (χ4n) is 3.27. The van der Waals surface area contributed by atoms with Crippen LogP contribution in [0.3, 0.4) is 0 Å². The van der Waals surface area contributed by atoms with E-state index in [-0.39, 0.29) is 17.6 Å². The molecular formula is C14H27N3O3S. The van der Waals surface area contributed by atoms with E-state index in [2.05, 4.69) is 5.32 Å². The van der Waals surface area contributed by atoms with Crippen LogP contribution < -0.4 is 11.1 Å². The molecule has 2 saturated heterocycles. The molecule has 6 nitrogen and oxygen atoms in total. The van der Waals surface area contributed by atoms with Crippen molar-refractivity contribution < 1.29 is 13.2 Å². The first-order chi connectivity index (χ1) is 9.97. The second-order valence-electron chi connectivity index (χ2n) is 6.26. The van der Waals surface area contributed by atoms with Gasteiger partial charge >= 0.3 is 0 Å². The maximum atomic E-state index is 12.4. The molecule has 0 saturated carbocycles. The SMILES string of the molecule is NC(=O)CC1CCN(S(=O)(=O)CCC2CCCCN2)CC1. The van der Waals surface area contributed by atoms with Gasteiger partial charge in [-0.3, -0.25) is 4.79 Å². The number of carbonyl (C=O) groups excluding carboxylic acids is 1. The Hall–Kier alpha value is -0.660. The quantitative estimate of drug-likeness (QED) is 0.743. The summed E-state index contributed by atoms with van der Waals surface area (Å²) in [6, 6.07) is 0.348. The summed E-state index contributed by atoms with van der Waals surface area (Å²) in [6.45, 7) is 2.06. The number of sulfonamides is 1. The first-order valence-electron chi connectivity index (χ1n) is 7.97. The van der Waals surface area contributed by atoms with Crippen LogP contribution in [-0.2, 0) is 14.8 Å².